The molecule has 2 aliphatic rings. The van der Waals surface area contributed by atoms with Crippen molar-refractivity contribution in [2.24, 2.45) is 0 Å². The van der Waals surface area contributed by atoms with Crippen LogP contribution in [0.2, 0.25) is 0 Å². The molecule has 15 rings (SSSR count). The summed E-state index contributed by atoms with van der Waals surface area (Å²) < 4.78 is 92.0. The SMILES string of the molecule is O=S(=O)(c1ccc2c(c1)-c1nc-2nc2[nH]c(nc3nc(nc4[nH]c(n1)c1ccc(S(=O)(=O)n5ccc6ccccc65)cc41)-c1cc(I)ccc1-3)c1ccc(S(=O)(=O)n3ccc4ccccc43)cc21)n1ccc2ccccc21. The number of aromatic nitrogens is 11. The number of aromatic amines is 2. The van der Waals surface area contributed by atoms with Crippen LogP contribution in [0.4, 0.5) is 0 Å². The lowest BCUT2D eigenvalue weighted by Gasteiger charge is -2.09. The summed E-state index contributed by atoms with van der Waals surface area (Å²) in [6.07, 6.45) is 4.56. The normalized spacial score (nSPS) is 12.8. The highest BCUT2D eigenvalue weighted by Crippen LogP contribution is 2.40. The number of hydrogen-bond donors (Lipinski definition) is 2. The fourth-order valence-electron chi connectivity index (χ4n) is 10.3. The summed E-state index contributed by atoms with van der Waals surface area (Å²) in [6.45, 7) is 0. The van der Waals surface area contributed by atoms with E-state index in [0.717, 1.165) is 19.7 Å². The van der Waals surface area contributed by atoms with Gasteiger partial charge in [0.25, 0.3) is 30.1 Å². The van der Waals surface area contributed by atoms with Gasteiger partial charge in [0.1, 0.15) is 22.6 Å². The maximum atomic E-state index is 14.6. The Morgan fingerprint density at radius 3 is 1.13 bits per heavy atom. The van der Waals surface area contributed by atoms with Gasteiger partial charge in [0.2, 0.25) is 0 Å². The lowest BCUT2D eigenvalue weighted by Crippen LogP contribution is -2.11. The number of hydrogen-bond acceptors (Lipinski definition) is 12. The highest BCUT2D eigenvalue weighted by molar-refractivity contribution is 14.1. The maximum Gasteiger partial charge on any atom is 0.268 e. The second-order valence-corrected chi connectivity index (χ2v) is 25.1. The van der Waals surface area contributed by atoms with Gasteiger partial charge in [-0.05, 0) is 132 Å². The summed E-state index contributed by atoms with van der Waals surface area (Å²) in [5.74, 6) is 0.757. The molecule has 2 N–H and O–H groups in total. The number of rotatable bonds is 6. The van der Waals surface area contributed by atoms with Gasteiger partial charge in [-0.1, -0.05) is 54.6 Å². The molecule has 0 aliphatic carbocycles. The van der Waals surface area contributed by atoms with Gasteiger partial charge in [-0.3, -0.25) is 0 Å². The van der Waals surface area contributed by atoms with Gasteiger partial charge in [0, 0.05) is 82.1 Å². The van der Waals surface area contributed by atoms with Crippen LogP contribution in [0.3, 0.4) is 0 Å². The van der Waals surface area contributed by atoms with Crippen LogP contribution in [0.15, 0.2) is 197 Å². The molecule has 0 radical (unpaired) electrons. The molecule has 13 aromatic rings. The van der Waals surface area contributed by atoms with E-state index in [1.165, 1.54) is 54.8 Å². The van der Waals surface area contributed by atoms with E-state index in [0.29, 0.717) is 71.8 Å². The topological polar surface area (TPSA) is 226 Å². The van der Waals surface area contributed by atoms with Crippen LogP contribution in [0.1, 0.15) is 0 Å². The van der Waals surface area contributed by atoms with Crippen molar-refractivity contribution in [3.05, 3.63) is 186 Å². The highest BCUT2D eigenvalue weighted by Gasteiger charge is 2.28. The lowest BCUT2D eigenvalue weighted by atomic mass is 10.1. The van der Waals surface area contributed by atoms with E-state index in [9.17, 15) is 25.3 Å². The van der Waals surface area contributed by atoms with Crippen LogP contribution < -0.4 is 0 Å². The molecule has 0 atom stereocenters. The molecular weight excluding hydrogens is 1150 g/mol. The third-order valence-electron chi connectivity index (χ3n) is 14.1. The molecule has 0 amide bonds. The third-order valence-corrected chi connectivity index (χ3v) is 19.8. The Bertz CT molecular complexity index is 5340. The van der Waals surface area contributed by atoms with Crippen LogP contribution in [0.25, 0.3) is 122 Å². The first-order valence-electron chi connectivity index (χ1n) is 23.8. The number of benzene rings is 7. The third kappa shape index (κ3) is 6.89. The Morgan fingerprint density at radius 2 is 0.688 bits per heavy atom. The monoisotopic (exact) mass is 1180 g/mol. The summed E-state index contributed by atoms with van der Waals surface area (Å²) in [5.41, 5.74) is 4.52. The van der Waals surface area contributed by atoms with Gasteiger partial charge in [0.15, 0.2) is 23.3 Å². The predicted octanol–water partition coefficient (Wildman–Crippen LogP) is 11.0. The molecule has 21 heteroatoms. The van der Waals surface area contributed by atoms with Crippen molar-refractivity contribution in [1.29, 1.82) is 0 Å². The minimum atomic E-state index is -4.21. The summed E-state index contributed by atoms with van der Waals surface area (Å²) in [6, 6.07) is 46.6. The Labute approximate surface area is 449 Å². The van der Waals surface area contributed by atoms with Gasteiger partial charge in [-0.25, -0.2) is 67.1 Å². The number of para-hydroxylation sites is 3. The highest BCUT2D eigenvalue weighted by atomic mass is 127. The maximum absolute atomic E-state index is 14.6. The Hall–Kier alpha value is -8.90. The van der Waals surface area contributed by atoms with Crippen LogP contribution >= 0.6 is 22.6 Å². The molecule has 7 aromatic carbocycles. The van der Waals surface area contributed by atoms with E-state index in [4.69, 9.17) is 29.9 Å². The molecule has 0 saturated carbocycles. The minimum absolute atomic E-state index is 0.0120. The Balaban J connectivity index is 1.02. The van der Waals surface area contributed by atoms with E-state index in [-0.39, 0.29) is 49.1 Å². The first kappa shape index (κ1) is 45.5. The molecule has 8 heterocycles. The first-order valence-corrected chi connectivity index (χ1v) is 29.2. The predicted molar refractivity (Wildman–Crippen MR) is 302 cm³/mol. The van der Waals surface area contributed by atoms with E-state index >= 15 is 0 Å². The van der Waals surface area contributed by atoms with Crippen molar-refractivity contribution in [3.63, 3.8) is 0 Å². The van der Waals surface area contributed by atoms with Gasteiger partial charge < -0.3 is 9.97 Å². The van der Waals surface area contributed by atoms with Crippen molar-refractivity contribution in [3.8, 4) is 45.6 Å². The average molecular weight is 1180 g/mol. The molecule has 0 fully saturated rings. The Kier molecular flexibility index (Phi) is 9.63. The zero-order valence-corrected chi connectivity index (χ0v) is 44.0. The molecule has 8 bridgehead atoms. The standard InChI is InChI=1S/C56H32IN11O6S3/c57-34-13-17-38-42(27-34)53-59-49(38)58-50-39-18-14-35(75(69,70)66-24-21-31-7-1-4-10-46(31)66)28-43(39)54(60-50)61-51-40-19-15-36(76(71,72)67-25-22-32-8-2-5-11-47(32)67)29-44(40)55(62-51)63-52-41-20-16-37(30-45(41)56(64-52)65-53)77(73,74)68-26-23-33-9-3-6-12-48(33)68/h1-30H,(H2,58,59,60,61,62,63,64,65). The summed E-state index contributed by atoms with van der Waals surface area (Å²) in [4.78, 5) is 37.1. The minimum Gasteiger partial charge on any atom is -0.324 e. The zero-order chi connectivity index (χ0) is 52.1. The molecule has 372 valence electrons. The quantitative estimate of drug-likeness (QED) is 0.148. The summed E-state index contributed by atoms with van der Waals surface area (Å²) in [7, 11) is -12.5. The second kappa shape index (κ2) is 16.3. The van der Waals surface area contributed by atoms with Crippen LogP contribution in [-0.2, 0) is 30.1 Å². The molecule has 0 spiro atoms. The van der Waals surface area contributed by atoms with E-state index < -0.39 is 30.1 Å². The molecule has 0 unspecified atom stereocenters. The number of halogens is 1. The van der Waals surface area contributed by atoms with Crippen LogP contribution in [0, 0.1) is 3.57 Å². The van der Waals surface area contributed by atoms with E-state index in [1.807, 2.05) is 54.6 Å². The molecule has 77 heavy (non-hydrogen) atoms. The van der Waals surface area contributed by atoms with Gasteiger partial charge >= 0.3 is 0 Å². The summed E-state index contributed by atoms with van der Waals surface area (Å²) >= 11 is 2.21. The second-order valence-electron chi connectivity index (χ2n) is 18.4. The number of nitrogens with one attached hydrogen (secondary N) is 2. The smallest absolute Gasteiger partial charge is 0.268 e. The lowest BCUT2D eigenvalue weighted by molar-refractivity contribution is 0.587. The van der Waals surface area contributed by atoms with Gasteiger partial charge in [-0.15, -0.1) is 0 Å². The van der Waals surface area contributed by atoms with Gasteiger partial charge in [-0.2, -0.15) is 0 Å². The summed E-state index contributed by atoms with van der Waals surface area (Å²) in [5, 5.41) is 4.03. The van der Waals surface area contributed by atoms with Crippen LogP contribution in [-0.4, -0.2) is 77.0 Å². The molecule has 17 nitrogen and oxygen atoms in total. The van der Waals surface area contributed by atoms with Crippen LogP contribution in [0.5, 0.6) is 0 Å². The Morgan fingerprint density at radius 1 is 0.338 bits per heavy atom. The van der Waals surface area contributed by atoms with Crippen molar-refractivity contribution in [2.75, 3.05) is 0 Å². The molecule has 2 aliphatic heterocycles. The van der Waals surface area contributed by atoms with Crippen molar-refractivity contribution >= 4 is 130 Å². The first-order chi connectivity index (χ1) is 37.3. The van der Waals surface area contributed by atoms with Crippen molar-refractivity contribution in [2.45, 2.75) is 14.7 Å². The van der Waals surface area contributed by atoms with Crippen molar-refractivity contribution in [1.82, 2.24) is 51.8 Å². The molecule has 6 aromatic heterocycles. The van der Waals surface area contributed by atoms with E-state index in [2.05, 4.69) is 32.6 Å². The molecule has 0 saturated heterocycles. The largest absolute Gasteiger partial charge is 0.324 e. The number of fused-ring (bicyclic) bond motifs is 23. The zero-order valence-electron chi connectivity index (χ0n) is 39.4. The fourth-order valence-corrected chi connectivity index (χ4v) is 15.0. The van der Waals surface area contributed by atoms with Crippen molar-refractivity contribution < 1.29 is 25.3 Å². The molecular formula is C56H32IN11O6S3. The number of nitrogens with zero attached hydrogens (tertiary/aromatic N) is 9. The van der Waals surface area contributed by atoms with Gasteiger partial charge in [0.05, 0.1) is 31.2 Å². The van der Waals surface area contributed by atoms with E-state index in [1.54, 1.807) is 84.9 Å². The average Bonchev–Trinajstić information content (AvgIpc) is 4.36. The number of H-pyrrole nitrogens is 2. The fraction of sp³-hybridized carbons (Fsp3) is 0.